The molecule has 0 fully saturated rings. The summed E-state index contributed by atoms with van der Waals surface area (Å²) in [5, 5.41) is 2.98. The number of hydrogen-bond acceptors (Lipinski definition) is 4. The molecule has 1 heterocycles. The molecule has 0 aliphatic carbocycles. The minimum Gasteiger partial charge on any atom is -0.453 e. The van der Waals surface area contributed by atoms with Gasteiger partial charge in [0.25, 0.3) is 5.91 Å². The molecule has 136 valence electrons. The molecule has 2 aromatic rings. The van der Waals surface area contributed by atoms with Gasteiger partial charge in [-0.1, -0.05) is 25.1 Å². The average molecular weight is 370 g/mol. The Morgan fingerprint density at radius 3 is 2.77 bits per heavy atom. The van der Waals surface area contributed by atoms with Gasteiger partial charge in [-0.05, 0) is 47.6 Å². The van der Waals surface area contributed by atoms with Crippen LogP contribution in [0.3, 0.4) is 0 Å². The highest BCUT2D eigenvalue weighted by Crippen LogP contribution is 2.26. The Morgan fingerprint density at radius 2 is 2.00 bits per heavy atom. The van der Waals surface area contributed by atoms with E-state index in [4.69, 9.17) is 4.74 Å². The highest BCUT2D eigenvalue weighted by atomic mass is 32.2. The number of amides is 2. The number of ether oxygens (including phenoxy) is 1. The van der Waals surface area contributed by atoms with Gasteiger partial charge in [0.05, 0.1) is 12.7 Å². The molecule has 5 nitrogen and oxygen atoms in total. The number of fused-ring (bicyclic) bond motifs is 1. The van der Waals surface area contributed by atoms with Gasteiger partial charge in [0.2, 0.25) is 0 Å². The molecule has 26 heavy (non-hydrogen) atoms. The molecule has 1 N–H and O–H groups in total. The van der Waals surface area contributed by atoms with Crippen LogP contribution < -0.4 is 5.32 Å². The number of carbonyl (C=O) groups is 2. The summed E-state index contributed by atoms with van der Waals surface area (Å²) in [7, 11) is 1.39. The van der Waals surface area contributed by atoms with Crippen LogP contribution in [0.1, 0.15) is 28.4 Å². The van der Waals surface area contributed by atoms with Crippen LogP contribution >= 0.6 is 11.8 Å². The molecule has 2 aromatic carbocycles. The monoisotopic (exact) mass is 370 g/mol. The van der Waals surface area contributed by atoms with E-state index in [2.05, 4.69) is 12.2 Å². The van der Waals surface area contributed by atoms with Gasteiger partial charge in [-0.25, -0.2) is 4.79 Å². The lowest BCUT2D eigenvalue weighted by Crippen LogP contribution is -2.35. The van der Waals surface area contributed by atoms with Gasteiger partial charge >= 0.3 is 6.09 Å². The first-order valence-corrected chi connectivity index (χ1v) is 9.58. The summed E-state index contributed by atoms with van der Waals surface area (Å²) < 4.78 is 4.81. The third-order valence-electron chi connectivity index (χ3n) is 4.34. The summed E-state index contributed by atoms with van der Waals surface area (Å²) in [5.74, 6) is 0.786. The first-order chi connectivity index (χ1) is 12.6. The van der Waals surface area contributed by atoms with Crippen molar-refractivity contribution in [3.05, 3.63) is 59.2 Å². The van der Waals surface area contributed by atoms with Crippen LogP contribution in [0.15, 0.2) is 47.4 Å². The van der Waals surface area contributed by atoms with Crippen LogP contribution in [-0.4, -0.2) is 36.3 Å². The van der Waals surface area contributed by atoms with E-state index < -0.39 is 0 Å². The Hall–Kier alpha value is -2.47. The molecule has 0 bridgehead atoms. The lowest BCUT2D eigenvalue weighted by Gasteiger charge is -2.28. The number of nitrogens with zero attached hydrogens (tertiary/aromatic N) is 1. The maximum absolute atomic E-state index is 12.7. The van der Waals surface area contributed by atoms with Crippen molar-refractivity contribution >= 4 is 29.4 Å². The quantitative estimate of drug-likeness (QED) is 0.821. The SMILES string of the molecule is CCSc1ccccc1C(=O)Nc1ccc2c(c1)CN(C(=O)OC)CC2. The molecular weight excluding hydrogens is 348 g/mol. The zero-order chi connectivity index (χ0) is 18.5. The second kappa shape index (κ2) is 8.27. The number of methoxy groups -OCH3 is 1. The van der Waals surface area contributed by atoms with E-state index in [0.717, 1.165) is 28.3 Å². The molecule has 0 atom stereocenters. The Balaban J connectivity index is 1.77. The molecule has 1 aliphatic rings. The lowest BCUT2D eigenvalue weighted by molar-refractivity contribution is 0.102. The number of anilines is 1. The van der Waals surface area contributed by atoms with Gasteiger partial charge in [0, 0.05) is 23.7 Å². The van der Waals surface area contributed by atoms with Gasteiger partial charge in [-0.15, -0.1) is 11.8 Å². The van der Waals surface area contributed by atoms with Crippen molar-refractivity contribution in [2.45, 2.75) is 24.8 Å². The van der Waals surface area contributed by atoms with Crippen molar-refractivity contribution < 1.29 is 14.3 Å². The van der Waals surface area contributed by atoms with Crippen molar-refractivity contribution in [2.75, 3.05) is 24.7 Å². The Labute approximate surface area is 157 Å². The summed E-state index contributed by atoms with van der Waals surface area (Å²) >= 11 is 1.65. The highest BCUT2D eigenvalue weighted by Gasteiger charge is 2.21. The number of nitrogens with one attached hydrogen (secondary N) is 1. The standard InChI is InChI=1S/C20H22N2O3S/c1-3-26-18-7-5-4-6-17(18)19(23)21-16-9-8-14-10-11-22(20(24)25-2)13-15(14)12-16/h4-9,12H,3,10-11,13H2,1-2H3,(H,21,23). The van der Waals surface area contributed by atoms with E-state index in [-0.39, 0.29) is 12.0 Å². The molecule has 1 aliphatic heterocycles. The zero-order valence-corrected chi connectivity index (χ0v) is 15.8. The first kappa shape index (κ1) is 18.3. The van der Waals surface area contributed by atoms with Gasteiger partial charge < -0.3 is 15.0 Å². The summed E-state index contributed by atoms with van der Waals surface area (Å²) in [6.45, 7) is 3.21. The fourth-order valence-corrected chi connectivity index (χ4v) is 3.86. The van der Waals surface area contributed by atoms with E-state index in [1.165, 1.54) is 12.7 Å². The second-order valence-electron chi connectivity index (χ2n) is 6.01. The Morgan fingerprint density at radius 1 is 1.19 bits per heavy atom. The predicted octanol–water partition coefficient (Wildman–Crippen LogP) is 4.18. The second-order valence-corrected chi connectivity index (χ2v) is 7.31. The lowest BCUT2D eigenvalue weighted by atomic mass is 9.99. The van der Waals surface area contributed by atoms with Crippen molar-refractivity contribution in [1.82, 2.24) is 4.90 Å². The van der Waals surface area contributed by atoms with Crippen molar-refractivity contribution in [3.8, 4) is 0 Å². The summed E-state index contributed by atoms with van der Waals surface area (Å²) in [6, 6.07) is 13.5. The van der Waals surface area contributed by atoms with Gasteiger partial charge in [-0.3, -0.25) is 4.79 Å². The van der Waals surface area contributed by atoms with Gasteiger partial charge in [0.1, 0.15) is 0 Å². The van der Waals surface area contributed by atoms with Crippen LogP contribution in [0.2, 0.25) is 0 Å². The Kier molecular flexibility index (Phi) is 5.83. The maximum atomic E-state index is 12.7. The summed E-state index contributed by atoms with van der Waals surface area (Å²) in [6.07, 6.45) is 0.463. The number of hydrogen-bond donors (Lipinski definition) is 1. The average Bonchev–Trinajstić information content (AvgIpc) is 2.67. The Bertz CT molecular complexity index is 822. The molecule has 0 aromatic heterocycles. The number of carbonyl (C=O) groups excluding carboxylic acids is 2. The molecule has 0 spiro atoms. The van der Waals surface area contributed by atoms with E-state index in [1.807, 2.05) is 42.5 Å². The summed E-state index contributed by atoms with van der Waals surface area (Å²) in [4.78, 5) is 27.1. The molecule has 0 radical (unpaired) electrons. The van der Waals surface area contributed by atoms with Crippen molar-refractivity contribution in [3.63, 3.8) is 0 Å². The summed E-state index contributed by atoms with van der Waals surface area (Å²) in [5.41, 5.74) is 3.64. The van der Waals surface area contributed by atoms with Gasteiger partial charge in [0.15, 0.2) is 0 Å². The minimum atomic E-state index is -0.324. The fraction of sp³-hybridized carbons (Fsp3) is 0.300. The molecule has 2 amide bonds. The molecule has 3 rings (SSSR count). The van der Waals surface area contributed by atoms with Crippen LogP contribution in [0.4, 0.5) is 10.5 Å². The van der Waals surface area contributed by atoms with E-state index in [1.54, 1.807) is 16.7 Å². The number of benzene rings is 2. The van der Waals surface area contributed by atoms with E-state index in [9.17, 15) is 9.59 Å². The number of thioether (sulfide) groups is 1. The normalized spacial score (nSPS) is 13.1. The fourth-order valence-electron chi connectivity index (χ4n) is 3.05. The van der Waals surface area contributed by atoms with E-state index in [0.29, 0.717) is 18.7 Å². The highest BCUT2D eigenvalue weighted by molar-refractivity contribution is 7.99. The topological polar surface area (TPSA) is 58.6 Å². The van der Waals surface area contributed by atoms with Crippen molar-refractivity contribution in [1.29, 1.82) is 0 Å². The van der Waals surface area contributed by atoms with Crippen LogP contribution in [0.25, 0.3) is 0 Å². The van der Waals surface area contributed by atoms with Crippen LogP contribution in [0.5, 0.6) is 0 Å². The predicted molar refractivity (Wildman–Crippen MR) is 104 cm³/mol. The molecule has 6 heteroatoms. The van der Waals surface area contributed by atoms with Gasteiger partial charge in [-0.2, -0.15) is 0 Å². The first-order valence-electron chi connectivity index (χ1n) is 8.60. The maximum Gasteiger partial charge on any atom is 0.409 e. The third kappa shape index (κ3) is 4.02. The smallest absolute Gasteiger partial charge is 0.409 e. The van der Waals surface area contributed by atoms with E-state index >= 15 is 0 Å². The molecular formula is C20H22N2O3S. The molecule has 0 saturated carbocycles. The van der Waals surface area contributed by atoms with Crippen molar-refractivity contribution in [2.24, 2.45) is 0 Å². The van der Waals surface area contributed by atoms with Crippen LogP contribution in [0, 0.1) is 0 Å². The molecule has 0 saturated heterocycles. The third-order valence-corrected chi connectivity index (χ3v) is 5.30. The minimum absolute atomic E-state index is 0.123. The number of rotatable bonds is 4. The van der Waals surface area contributed by atoms with Crippen LogP contribution in [-0.2, 0) is 17.7 Å². The zero-order valence-electron chi connectivity index (χ0n) is 15.0. The molecule has 0 unspecified atom stereocenters. The largest absolute Gasteiger partial charge is 0.453 e.